The van der Waals surface area contributed by atoms with Crippen molar-refractivity contribution in [2.75, 3.05) is 11.9 Å². The van der Waals surface area contributed by atoms with Crippen LogP contribution in [0.3, 0.4) is 0 Å². The van der Waals surface area contributed by atoms with Crippen molar-refractivity contribution in [2.45, 2.75) is 38.6 Å². The Bertz CT molecular complexity index is 634. The summed E-state index contributed by atoms with van der Waals surface area (Å²) in [6.07, 6.45) is 3.56. The smallest absolute Gasteiger partial charge is 0.242 e. The first kappa shape index (κ1) is 12.9. The zero-order valence-corrected chi connectivity index (χ0v) is 11.8. The Labute approximate surface area is 117 Å². The van der Waals surface area contributed by atoms with E-state index in [1.807, 2.05) is 12.1 Å². The minimum Gasteiger partial charge on any atom is -0.358 e. The van der Waals surface area contributed by atoms with E-state index in [0.717, 1.165) is 36.5 Å². The summed E-state index contributed by atoms with van der Waals surface area (Å²) in [6.45, 7) is 4.97. The Balaban J connectivity index is 1.96. The largest absolute Gasteiger partial charge is 0.358 e. The number of carbonyl (C=O) groups excluding carboxylic acids is 1. The molecule has 0 aromatic carbocycles. The molecule has 3 heterocycles. The number of nitrogens with one attached hydrogen (secondary N) is 2. The maximum absolute atomic E-state index is 11.9. The fourth-order valence-electron chi connectivity index (χ4n) is 2.42. The van der Waals surface area contributed by atoms with Gasteiger partial charge in [0, 0.05) is 24.4 Å². The van der Waals surface area contributed by atoms with Gasteiger partial charge in [0.15, 0.2) is 5.65 Å². The monoisotopic (exact) mass is 273 g/mol. The third-order valence-corrected chi connectivity index (χ3v) is 3.58. The van der Waals surface area contributed by atoms with E-state index in [0.29, 0.717) is 5.92 Å². The number of anilines is 1. The number of carbonyl (C=O) groups is 1. The van der Waals surface area contributed by atoms with Gasteiger partial charge in [-0.2, -0.15) is 9.61 Å². The molecule has 0 unspecified atom stereocenters. The Morgan fingerprint density at radius 3 is 3.10 bits per heavy atom. The standard InChI is InChI=1S/C14H19N5O/c1-9(2)11-8-13(19-12(18-11)5-7-16-19)17-10-4-3-6-15-14(10)20/h5,7-10,17H,3-4,6H2,1-2H3,(H,15,20)/t10-/m0/s1. The van der Waals surface area contributed by atoms with Crippen molar-refractivity contribution in [2.24, 2.45) is 0 Å². The highest BCUT2D eigenvalue weighted by molar-refractivity contribution is 5.85. The SMILES string of the molecule is CC(C)c1cc(N[C@H]2CCCNC2=O)n2nccc2n1. The van der Waals surface area contributed by atoms with Crippen LogP contribution in [-0.2, 0) is 4.79 Å². The summed E-state index contributed by atoms with van der Waals surface area (Å²) in [4.78, 5) is 16.4. The maximum Gasteiger partial charge on any atom is 0.242 e. The van der Waals surface area contributed by atoms with Crippen molar-refractivity contribution >= 4 is 17.4 Å². The van der Waals surface area contributed by atoms with E-state index in [1.54, 1.807) is 10.7 Å². The van der Waals surface area contributed by atoms with Crippen molar-refractivity contribution in [1.82, 2.24) is 19.9 Å². The van der Waals surface area contributed by atoms with Gasteiger partial charge >= 0.3 is 0 Å². The van der Waals surface area contributed by atoms with Gasteiger partial charge in [-0.1, -0.05) is 13.8 Å². The van der Waals surface area contributed by atoms with E-state index in [2.05, 4.69) is 34.6 Å². The third-order valence-electron chi connectivity index (χ3n) is 3.58. The van der Waals surface area contributed by atoms with Crippen LogP contribution in [0.2, 0.25) is 0 Å². The quantitative estimate of drug-likeness (QED) is 0.890. The highest BCUT2D eigenvalue weighted by Gasteiger charge is 2.23. The first-order valence-electron chi connectivity index (χ1n) is 7.04. The van der Waals surface area contributed by atoms with Gasteiger partial charge in [0.2, 0.25) is 5.91 Å². The lowest BCUT2D eigenvalue weighted by molar-refractivity contribution is -0.123. The Hall–Kier alpha value is -2.11. The van der Waals surface area contributed by atoms with Crippen molar-refractivity contribution < 1.29 is 4.79 Å². The number of hydrogen-bond donors (Lipinski definition) is 2. The summed E-state index contributed by atoms with van der Waals surface area (Å²) in [5.74, 6) is 1.21. The molecule has 2 N–H and O–H groups in total. The predicted molar refractivity (Wildman–Crippen MR) is 76.7 cm³/mol. The van der Waals surface area contributed by atoms with Crippen LogP contribution in [0, 0.1) is 0 Å². The highest BCUT2D eigenvalue weighted by atomic mass is 16.2. The molecule has 20 heavy (non-hydrogen) atoms. The number of piperidine rings is 1. The van der Waals surface area contributed by atoms with Crippen molar-refractivity contribution in [1.29, 1.82) is 0 Å². The highest BCUT2D eigenvalue weighted by Crippen LogP contribution is 2.20. The molecule has 0 spiro atoms. The van der Waals surface area contributed by atoms with E-state index in [9.17, 15) is 4.79 Å². The molecular weight excluding hydrogens is 254 g/mol. The van der Waals surface area contributed by atoms with Gasteiger partial charge in [-0.25, -0.2) is 4.98 Å². The number of amides is 1. The molecule has 6 heteroatoms. The molecule has 1 aliphatic heterocycles. The van der Waals surface area contributed by atoms with Crippen LogP contribution in [0.4, 0.5) is 5.82 Å². The van der Waals surface area contributed by atoms with Crippen LogP contribution in [-0.4, -0.2) is 33.1 Å². The number of fused-ring (bicyclic) bond motifs is 1. The molecule has 1 saturated heterocycles. The summed E-state index contributed by atoms with van der Waals surface area (Å²) in [6, 6.07) is 3.66. The lowest BCUT2D eigenvalue weighted by Crippen LogP contribution is -2.44. The molecule has 1 atom stereocenters. The molecule has 2 aromatic rings. The molecule has 0 aliphatic carbocycles. The maximum atomic E-state index is 11.9. The summed E-state index contributed by atoms with van der Waals surface area (Å²) in [7, 11) is 0. The Morgan fingerprint density at radius 1 is 1.50 bits per heavy atom. The minimum atomic E-state index is -0.196. The van der Waals surface area contributed by atoms with E-state index in [1.165, 1.54) is 0 Å². The topological polar surface area (TPSA) is 71.3 Å². The number of rotatable bonds is 3. The Kier molecular flexibility index (Phi) is 3.30. The summed E-state index contributed by atoms with van der Waals surface area (Å²) >= 11 is 0. The zero-order valence-electron chi connectivity index (χ0n) is 11.8. The fourth-order valence-corrected chi connectivity index (χ4v) is 2.42. The predicted octanol–water partition coefficient (Wildman–Crippen LogP) is 1.54. The van der Waals surface area contributed by atoms with Gasteiger partial charge in [0.25, 0.3) is 0 Å². The molecule has 0 saturated carbocycles. The van der Waals surface area contributed by atoms with Crippen molar-refractivity contribution in [3.05, 3.63) is 24.0 Å². The second kappa shape index (κ2) is 5.11. The van der Waals surface area contributed by atoms with Gasteiger partial charge in [-0.3, -0.25) is 4.79 Å². The molecule has 2 aromatic heterocycles. The summed E-state index contributed by atoms with van der Waals surface area (Å²) in [5, 5.41) is 10.5. The van der Waals surface area contributed by atoms with Crippen LogP contribution in [0.15, 0.2) is 18.3 Å². The lowest BCUT2D eigenvalue weighted by Gasteiger charge is -2.24. The van der Waals surface area contributed by atoms with E-state index in [4.69, 9.17) is 0 Å². The van der Waals surface area contributed by atoms with Gasteiger partial charge in [-0.15, -0.1) is 0 Å². The van der Waals surface area contributed by atoms with Crippen molar-refractivity contribution in [3.63, 3.8) is 0 Å². The molecule has 6 nitrogen and oxygen atoms in total. The van der Waals surface area contributed by atoms with Gasteiger partial charge in [0.05, 0.1) is 6.20 Å². The molecule has 0 radical (unpaired) electrons. The molecule has 3 rings (SSSR count). The molecule has 1 fully saturated rings. The second-order valence-electron chi connectivity index (χ2n) is 5.45. The average molecular weight is 273 g/mol. The molecule has 106 valence electrons. The first-order chi connectivity index (χ1) is 9.65. The Morgan fingerprint density at radius 2 is 2.35 bits per heavy atom. The van der Waals surface area contributed by atoms with Crippen LogP contribution in [0.1, 0.15) is 38.3 Å². The molecule has 0 bridgehead atoms. The minimum absolute atomic E-state index is 0.0551. The first-order valence-corrected chi connectivity index (χ1v) is 7.04. The summed E-state index contributed by atoms with van der Waals surface area (Å²) in [5.41, 5.74) is 1.80. The number of nitrogens with zero attached hydrogens (tertiary/aromatic N) is 3. The van der Waals surface area contributed by atoms with Crippen molar-refractivity contribution in [3.8, 4) is 0 Å². The molecule has 1 aliphatic rings. The van der Waals surface area contributed by atoms with E-state index >= 15 is 0 Å². The van der Waals surface area contributed by atoms with E-state index in [-0.39, 0.29) is 11.9 Å². The molecular formula is C14H19N5O. The average Bonchev–Trinajstić information content (AvgIpc) is 2.89. The van der Waals surface area contributed by atoms with Gasteiger partial charge in [0.1, 0.15) is 11.9 Å². The third kappa shape index (κ3) is 2.33. The number of hydrogen-bond acceptors (Lipinski definition) is 4. The van der Waals surface area contributed by atoms with Crippen LogP contribution in [0.25, 0.3) is 5.65 Å². The van der Waals surface area contributed by atoms with Crippen LogP contribution >= 0.6 is 0 Å². The fraction of sp³-hybridized carbons (Fsp3) is 0.500. The summed E-state index contributed by atoms with van der Waals surface area (Å²) < 4.78 is 1.74. The van der Waals surface area contributed by atoms with E-state index < -0.39 is 0 Å². The zero-order chi connectivity index (χ0) is 14.1. The number of aromatic nitrogens is 3. The van der Waals surface area contributed by atoms with Crippen LogP contribution < -0.4 is 10.6 Å². The van der Waals surface area contributed by atoms with Gasteiger partial charge in [-0.05, 0) is 18.8 Å². The normalized spacial score (nSPS) is 19.4. The molecule has 1 amide bonds. The van der Waals surface area contributed by atoms with Gasteiger partial charge < -0.3 is 10.6 Å². The van der Waals surface area contributed by atoms with Crippen LogP contribution in [0.5, 0.6) is 0 Å². The second-order valence-corrected chi connectivity index (χ2v) is 5.45. The lowest BCUT2D eigenvalue weighted by atomic mass is 10.1.